The maximum absolute atomic E-state index is 12.6. The maximum atomic E-state index is 12.6. The molecule has 0 radical (unpaired) electrons. The highest BCUT2D eigenvalue weighted by Gasteiger charge is 2.33. The lowest BCUT2D eigenvalue weighted by Crippen LogP contribution is -2.31. The first-order valence-corrected chi connectivity index (χ1v) is 9.52. The Morgan fingerprint density at radius 1 is 1.00 bits per heavy atom. The molecule has 1 aliphatic rings. The quantitative estimate of drug-likeness (QED) is 0.748. The lowest BCUT2D eigenvalue weighted by molar-refractivity contribution is -0.132. The predicted molar refractivity (Wildman–Crippen MR) is 108 cm³/mol. The molecular weight excluding hydrogens is 360 g/mol. The molecule has 1 fully saturated rings. The van der Waals surface area contributed by atoms with Crippen molar-refractivity contribution in [3.05, 3.63) is 82.8 Å². The maximum Gasteiger partial charge on any atom is 0.329 e. The predicted octanol–water partition coefficient (Wildman–Crippen LogP) is 3.37. The second kappa shape index (κ2) is 9.19. The smallest absolute Gasteiger partial charge is 0.329 e. The van der Waals surface area contributed by atoms with Crippen LogP contribution >= 0.6 is 11.8 Å². The molecule has 27 heavy (non-hydrogen) atoms. The van der Waals surface area contributed by atoms with Crippen LogP contribution in [0.3, 0.4) is 0 Å². The first kappa shape index (κ1) is 18.9. The molecule has 1 N–H and O–H groups in total. The van der Waals surface area contributed by atoms with E-state index >= 15 is 0 Å². The number of hydrogen-bond donors (Lipinski definition) is 1. The highest BCUT2D eigenvalue weighted by atomic mass is 32.2. The van der Waals surface area contributed by atoms with Crippen LogP contribution in [0.15, 0.2) is 76.6 Å². The highest BCUT2D eigenvalue weighted by Crippen LogP contribution is 2.31. The molecular formula is C21H20N2O3S. The number of benzene rings is 2. The Labute approximate surface area is 162 Å². The molecule has 6 heteroatoms. The van der Waals surface area contributed by atoms with Gasteiger partial charge in [-0.05, 0) is 35.7 Å². The van der Waals surface area contributed by atoms with E-state index in [1.807, 2.05) is 60.7 Å². The SMILES string of the molecule is O=C(O)C=C1SC(=NCCc2ccccc2)N(CCc2ccccc2)C1=O. The molecule has 0 spiro atoms. The molecule has 0 saturated carbocycles. The fourth-order valence-electron chi connectivity index (χ4n) is 2.75. The molecule has 3 rings (SSSR count). The standard InChI is InChI=1S/C21H20N2O3S/c24-19(25)15-18-20(26)23(14-12-17-9-5-2-6-10-17)21(27-18)22-13-11-16-7-3-1-4-8-16/h1-10,15H,11-14H2,(H,24,25). The van der Waals surface area contributed by atoms with Crippen LogP contribution in [0.4, 0.5) is 0 Å². The second-order valence-electron chi connectivity index (χ2n) is 6.04. The summed E-state index contributed by atoms with van der Waals surface area (Å²) in [7, 11) is 0. The topological polar surface area (TPSA) is 70.0 Å². The zero-order valence-electron chi connectivity index (χ0n) is 14.7. The Kier molecular flexibility index (Phi) is 6.44. The summed E-state index contributed by atoms with van der Waals surface area (Å²) in [5.74, 6) is -1.42. The van der Waals surface area contributed by atoms with E-state index in [2.05, 4.69) is 4.99 Å². The van der Waals surface area contributed by atoms with E-state index in [1.54, 1.807) is 4.90 Å². The molecule has 0 atom stereocenters. The Hall–Kier alpha value is -2.86. The summed E-state index contributed by atoms with van der Waals surface area (Å²) in [5.41, 5.74) is 2.29. The van der Waals surface area contributed by atoms with Gasteiger partial charge < -0.3 is 5.11 Å². The molecule has 1 saturated heterocycles. The zero-order chi connectivity index (χ0) is 19.1. The summed E-state index contributed by atoms with van der Waals surface area (Å²) in [6, 6.07) is 19.9. The van der Waals surface area contributed by atoms with Crippen LogP contribution in [-0.2, 0) is 22.4 Å². The number of aliphatic carboxylic acids is 1. The van der Waals surface area contributed by atoms with Gasteiger partial charge in [0.1, 0.15) is 0 Å². The number of thioether (sulfide) groups is 1. The van der Waals surface area contributed by atoms with Crippen LogP contribution in [-0.4, -0.2) is 40.1 Å². The van der Waals surface area contributed by atoms with Crippen LogP contribution in [0.25, 0.3) is 0 Å². The molecule has 5 nitrogen and oxygen atoms in total. The van der Waals surface area contributed by atoms with Crippen LogP contribution in [0.2, 0.25) is 0 Å². The lowest BCUT2D eigenvalue weighted by atomic mass is 10.1. The number of nitrogens with zero attached hydrogens (tertiary/aromatic N) is 2. The summed E-state index contributed by atoms with van der Waals surface area (Å²) in [4.78, 5) is 29.9. The Balaban J connectivity index is 1.72. The van der Waals surface area contributed by atoms with Gasteiger partial charge in [-0.1, -0.05) is 60.7 Å². The Morgan fingerprint density at radius 3 is 2.19 bits per heavy atom. The van der Waals surface area contributed by atoms with Crippen molar-refractivity contribution in [1.29, 1.82) is 0 Å². The normalized spacial score (nSPS) is 17.0. The van der Waals surface area contributed by atoms with E-state index in [0.29, 0.717) is 24.7 Å². The van der Waals surface area contributed by atoms with Crippen molar-refractivity contribution >= 4 is 28.8 Å². The molecule has 2 aromatic carbocycles. The van der Waals surface area contributed by atoms with Crippen molar-refractivity contribution < 1.29 is 14.7 Å². The number of amides is 1. The van der Waals surface area contributed by atoms with Gasteiger partial charge in [-0.15, -0.1) is 0 Å². The van der Waals surface area contributed by atoms with Crippen molar-refractivity contribution in [2.45, 2.75) is 12.8 Å². The number of carboxylic acid groups (broad SMARTS) is 1. The van der Waals surface area contributed by atoms with E-state index in [1.165, 1.54) is 5.56 Å². The van der Waals surface area contributed by atoms with Gasteiger partial charge in [-0.3, -0.25) is 14.7 Å². The number of aliphatic imine (C=N–C) groups is 1. The van der Waals surface area contributed by atoms with Gasteiger partial charge >= 0.3 is 5.97 Å². The van der Waals surface area contributed by atoms with Crippen molar-refractivity contribution in [3.63, 3.8) is 0 Å². The zero-order valence-corrected chi connectivity index (χ0v) is 15.6. The van der Waals surface area contributed by atoms with Crippen molar-refractivity contribution in [3.8, 4) is 0 Å². The molecule has 1 aliphatic heterocycles. The van der Waals surface area contributed by atoms with E-state index in [4.69, 9.17) is 5.11 Å². The third kappa shape index (κ3) is 5.31. The number of hydrogen-bond acceptors (Lipinski definition) is 4. The van der Waals surface area contributed by atoms with E-state index in [9.17, 15) is 9.59 Å². The van der Waals surface area contributed by atoms with Gasteiger partial charge in [0.05, 0.1) is 4.91 Å². The van der Waals surface area contributed by atoms with Gasteiger partial charge in [0.15, 0.2) is 5.17 Å². The molecule has 0 aliphatic carbocycles. The largest absolute Gasteiger partial charge is 0.478 e. The Morgan fingerprint density at radius 2 is 1.59 bits per heavy atom. The molecule has 2 aromatic rings. The number of carboxylic acids is 1. The first-order chi connectivity index (χ1) is 13.1. The van der Waals surface area contributed by atoms with Gasteiger partial charge in [-0.25, -0.2) is 4.79 Å². The number of carbonyl (C=O) groups excluding carboxylic acids is 1. The lowest BCUT2D eigenvalue weighted by Gasteiger charge is -2.15. The third-order valence-electron chi connectivity index (χ3n) is 4.10. The fraction of sp³-hybridized carbons (Fsp3) is 0.190. The minimum Gasteiger partial charge on any atom is -0.478 e. The van der Waals surface area contributed by atoms with Gasteiger partial charge in [0.25, 0.3) is 5.91 Å². The summed E-state index contributed by atoms with van der Waals surface area (Å²) in [6.45, 7) is 1.01. The minimum atomic E-state index is -1.13. The van der Waals surface area contributed by atoms with E-state index < -0.39 is 5.97 Å². The third-order valence-corrected chi connectivity index (χ3v) is 5.14. The van der Waals surface area contributed by atoms with E-state index in [-0.39, 0.29) is 10.8 Å². The van der Waals surface area contributed by atoms with Crippen molar-refractivity contribution in [2.75, 3.05) is 13.1 Å². The van der Waals surface area contributed by atoms with Crippen molar-refractivity contribution in [2.24, 2.45) is 4.99 Å². The second-order valence-corrected chi connectivity index (χ2v) is 7.05. The average Bonchev–Trinajstić information content (AvgIpc) is 2.96. The fourth-order valence-corrected chi connectivity index (χ4v) is 3.74. The molecule has 0 bridgehead atoms. The number of carbonyl (C=O) groups is 2. The minimum absolute atomic E-state index is 0.203. The monoisotopic (exact) mass is 380 g/mol. The molecule has 0 aromatic heterocycles. The van der Waals surface area contributed by atoms with Gasteiger partial charge in [0.2, 0.25) is 0 Å². The highest BCUT2D eigenvalue weighted by molar-refractivity contribution is 8.18. The average molecular weight is 380 g/mol. The van der Waals surface area contributed by atoms with Crippen LogP contribution in [0.5, 0.6) is 0 Å². The van der Waals surface area contributed by atoms with Crippen LogP contribution in [0, 0.1) is 0 Å². The molecule has 1 amide bonds. The Bertz CT molecular complexity index is 864. The van der Waals surface area contributed by atoms with Crippen LogP contribution < -0.4 is 0 Å². The molecule has 138 valence electrons. The first-order valence-electron chi connectivity index (χ1n) is 8.70. The summed E-state index contributed by atoms with van der Waals surface area (Å²) in [5, 5.41) is 9.57. The van der Waals surface area contributed by atoms with Gasteiger partial charge in [0, 0.05) is 19.2 Å². The number of rotatable bonds is 7. The summed E-state index contributed by atoms with van der Waals surface area (Å²) in [6.07, 6.45) is 2.41. The van der Waals surface area contributed by atoms with Crippen LogP contribution in [0.1, 0.15) is 11.1 Å². The van der Waals surface area contributed by atoms with E-state index in [0.717, 1.165) is 29.8 Å². The van der Waals surface area contributed by atoms with Gasteiger partial charge in [-0.2, -0.15) is 0 Å². The summed E-state index contributed by atoms with van der Waals surface area (Å²) < 4.78 is 0. The summed E-state index contributed by atoms with van der Waals surface area (Å²) >= 11 is 1.13. The number of amidine groups is 1. The molecule has 1 heterocycles. The molecule has 0 unspecified atom stereocenters. The van der Waals surface area contributed by atoms with Crippen molar-refractivity contribution in [1.82, 2.24) is 4.90 Å².